The van der Waals surface area contributed by atoms with Crippen molar-refractivity contribution in [3.05, 3.63) is 35.0 Å². The molecule has 3 aromatic rings. The highest BCUT2D eigenvalue weighted by atomic mass is 16.5. The van der Waals surface area contributed by atoms with Crippen molar-refractivity contribution in [3.63, 3.8) is 0 Å². The number of hydrogen-bond donors (Lipinski definition) is 3. The second-order valence-electron chi connectivity index (χ2n) is 10.5. The fourth-order valence-electron chi connectivity index (χ4n) is 6.12. The van der Waals surface area contributed by atoms with Crippen LogP contribution in [0.4, 0.5) is 17.3 Å². The number of fused-ring (bicyclic) bond motifs is 2. The van der Waals surface area contributed by atoms with Gasteiger partial charge in [0.2, 0.25) is 0 Å². The summed E-state index contributed by atoms with van der Waals surface area (Å²) >= 11 is 0. The molecule has 188 valence electrons. The molecular weight excluding hydrogens is 456 g/mol. The molecule has 1 aromatic carbocycles. The van der Waals surface area contributed by atoms with Gasteiger partial charge in [0, 0.05) is 36.8 Å². The lowest BCUT2D eigenvalue weighted by Gasteiger charge is -2.41. The van der Waals surface area contributed by atoms with Crippen LogP contribution in [0.5, 0.6) is 0 Å². The summed E-state index contributed by atoms with van der Waals surface area (Å²) in [7, 11) is 0. The molecule has 2 fully saturated rings. The number of benzene rings is 1. The van der Waals surface area contributed by atoms with E-state index in [1.165, 1.54) is 0 Å². The summed E-state index contributed by atoms with van der Waals surface area (Å²) in [6.45, 7) is 7.10. The number of hydrogen-bond acceptors (Lipinski definition) is 9. The summed E-state index contributed by atoms with van der Waals surface area (Å²) in [6.07, 6.45) is 2.86. The number of nitriles is 1. The molecule has 2 saturated heterocycles. The maximum absolute atomic E-state index is 10.2. The molecule has 3 aliphatic heterocycles. The summed E-state index contributed by atoms with van der Waals surface area (Å²) in [5.74, 6) is 1.74. The second kappa shape index (κ2) is 8.69. The van der Waals surface area contributed by atoms with Crippen LogP contribution in [-0.4, -0.2) is 63.7 Å². The minimum Gasteiger partial charge on any atom is -0.390 e. The zero-order valence-electron chi connectivity index (χ0n) is 20.7. The van der Waals surface area contributed by atoms with Gasteiger partial charge in [0.25, 0.3) is 0 Å². The van der Waals surface area contributed by atoms with Crippen LogP contribution in [0.2, 0.25) is 0 Å². The monoisotopic (exact) mass is 488 g/mol. The number of ether oxygens (including phenoxy) is 1. The maximum atomic E-state index is 10.2. The van der Waals surface area contributed by atoms with Crippen molar-refractivity contribution in [3.8, 4) is 6.07 Å². The highest BCUT2D eigenvalue weighted by molar-refractivity contribution is 5.88. The van der Waals surface area contributed by atoms with E-state index in [1.807, 2.05) is 18.2 Å². The van der Waals surface area contributed by atoms with Crippen molar-refractivity contribution in [2.75, 3.05) is 36.0 Å². The average molecular weight is 489 g/mol. The normalized spacial score (nSPS) is 25.4. The number of anilines is 3. The van der Waals surface area contributed by atoms with Crippen molar-refractivity contribution >= 4 is 28.5 Å². The lowest BCUT2D eigenvalue weighted by atomic mass is 9.73. The SMILES string of the molecule is C[C@@H]1OCC2(CCN(c3nc4[nH]nc(N5CC[C@H](C)c6cc(C#N)ccc65)c4nc3CO)CC2)[C@@H]1N. The number of H-pyrrole nitrogens is 1. The van der Waals surface area contributed by atoms with Gasteiger partial charge in [-0.1, -0.05) is 6.92 Å². The van der Waals surface area contributed by atoms with Crippen LogP contribution >= 0.6 is 0 Å². The largest absolute Gasteiger partial charge is 0.390 e. The Hall–Kier alpha value is -3.26. The Morgan fingerprint density at radius 2 is 2.03 bits per heavy atom. The minimum absolute atomic E-state index is 0.0121. The summed E-state index contributed by atoms with van der Waals surface area (Å²) < 4.78 is 5.86. The van der Waals surface area contributed by atoms with Gasteiger partial charge in [-0.15, -0.1) is 0 Å². The molecule has 36 heavy (non-hydrogen) atoms. The van der Waals surface area contributed by atoms with Crippen LogP contribution in [0, 0.1) is 16.7 Å². The first-order chi connectivity index (χ1) is 17.4. The number of rotatable bonds is 3. The van der Waals surface area contributed by atoms with E-state index < -0.39 is 0 Å². The molecule has 1 spiro atoms. The van der Waals surface area contributed by atoms with Crippen molar-refractivity contribution in [1.29, 1.82) is 5.26 Å². The van der Waals surface area contributed by atoms with Crippen LogP contribution in [0.3, 0.4) is 0 Å². The average Bonchev–Trinajstić information content (AvgIpc) is 3.44. The summed E-state index contributed by atoms with van der Waals surface area (Å²) in [5, 5.41) is 27.3. The van der Waals surface area contributed by atoms with Crippen molar-refractivity contribution in [1.82, 2.24) is 20.2 Å². The fraction of sp³-hybridized carbons (Fsp3) is 0.538. The van der Waals surface area contributed by atoms with E-state index in [9.17, 15) is 10.4 Å². The number of aromatic amines is 1. The van der Waals surface area contributed by atoms with Gasteiger partial charge in [0.15, 0.2) is 22.8 Å². The molecule has 10 heteroatoms. The first-order valence-electron chi connectivity index (χ1n) is 12.7. The Labute approximate surface area is 210 Å². The molecule has 10 nitrogen and oxygen atoms in total. The molecule has 0 unspecified atom stereocenters. The predicted molar refractivity (Wildman–Crippen MR) is 136 cm³/mol. The van der Waals surface area contributed by atoms with Crippen LogP contribution in [0.1, 0.15) is 55.8 Å². The lowest BCUT2D eigenvalue weighted by Crippen LogP contribution is -2.51. The molecule has 2 aromatic heterocycles. The molecule has 0 bridgehead atoms. The quantitative estimate of drug-likeness (QED) is 0.507. The molecule has 0 amide bonds. The highest BCUT2D eigenvalue weighted by Crippen LogP contribution is 2.43. The van der Waals surface area contributed by atoms with E-state index in [0.29, 0.717) is 46.6 Å². The van der Waals surface area contributed by atoms with E-state index in [0.717, 1.165) is 50.1 Å². The molecule has 0 saturated carbocycles. The van der Waals surface area contributed by atoms with Crippen molar-refractivity contribution in [2.45, 2.75) is 57.8 Å². The van der Waals surface area contributed by atoms with Gasteiger partial charge in [0.1, 0.15) is 5.69 Å². The molecule has 0 aliphatic carbocycles. The highest BCUT2D eigenvalue weighted by Gasteiger charge is 2.47. The molecule has 3 aliphatic rings. The van der Waals surface area contributed by atoms with Gasteiger partial charge in [-0.25, -0.2) is 9.97 Å². The standard InChI is InChI=1S/C26H32N8O2/c1-15-5-8-34(20-4-3-17(12-27)11-18(15)20)25-21-23(31-32-25)30-24(19(13-35)29-21)33-9-6-26(7-10-33)14-36-16(2)22(26)28/h3-4,11,15-16,22,35H,5-10,13-14,28H2,1-2H3,(H,30,31,32)/t15-,16-,22+/m0/s1. The summed E-state index contributed by atoms with van der Waals surface area (Å²) in [5.41, 5.74) is 11.1. The van der Waals surface area contributed by atoms with Crippen LogP contribution in [-0.2, 0) is 11.3 Å². The lowest BCUT2D eigenvalue weighted by molar-refractivity contribution is 0.0973. The third-order valence-corrected chi connectivity index (χ3v) is 8.50. The van der Waals surface area contributed by atoms with Gasteiger partial charge in [-0.05, 0) is 55.9 Å². The van der Waals surface area contributed by atoms with Crippen LogP contribution in [0.25, 0.3) is 11.2 Å². The third kappa shape index (κ3) is 3.53. The van der Waals surface area contributed by atoms with Gasteiger partial charge in [0.05, 0.1) is 31.0 Å². The molecular formula is C26H32N8O2. The molecule has 5 heterocycles. The number of aromatic nitrogens is 4. The summed E-state index contributed by atoms with van der Waals surface area (Å²) in [6, 6.07) is 8.08. The molecule has 6 rings (SSSR count). The zero-order chi connectivity index (χ0) is 25.0. The number of nitrogens with zero attached hydrogens (tertiary/aromatic N) is 6. The predicted octanol–water partition coefficient (Wildman–Crippen LogP) is 2.69. The third-order valence-electron chi connectivity index (χ3n) is 8.50. The number of piperidine rings is 1. The van der Waals surface area contributed by atoms with Crippen LogP contribution < -0.4 is 15.5 Å². The van der Waals surface area contributed by atoms with Gasteiger partial charge < -0.3 is 25.4 Å². The zero-order valence-corrected chi connectivity index (χ0v) is 20.7. The molecule has 0 radical (unpaired) electrons. The van der Waals surface area contributed by atoms with Crippen LogP contribution in [0.15, 0.2) is 18.2 Å². The smallest absolute Gasteiger partial charge is 0.183 e. The number of aliphatic hydroxyl groups excluding tert-OH is 1. The Bertz CT molecular complexity index is 1340. The molecule has 3 atom stereocenters. The number of nitrogens with two attached hydrogens (primary N) is 1. The van der Waals surface area contributed by atoms with E-state index in [1.54, 1.807) is 0 Å². The maximum Gasteiger partial charge on any atom is 0.183 e. The Balaban J connectivity index is 1.32. The van der Waals surface area contributed by atoms with Gasteiger partial charge in [-0.3, -0.25) is 5.10 Å². The van der Waals surface area contributed by atoms with E-state index >= 15 is 0 Å². The van der Waals surface area contributed by atoms with Gasteiger partial charge in [-0.2, -0.15) is 10.4 Å². The van der Waals surface area contributed by atoms with E-state index in [-0.39, 0.29) is 24.2 Å². The minimum atomic E-state index is -0.205. The Morgan fingerprint density at radius 3 is 2.72 bits per heavy atom. The fourth-order valence-corrected chi connectivity index (χ4v) is 6.12. The number of nitrogens with one attached hydrogen (secondary N) is 1. The van der Waals surface area contributed by atoms with E-state index in [4.69, 9.17) is 20.4 Å². The van der Waals surface area contributed by atoms with Gasteiger partial charge >= 0.3 is 0 Å². The molecule has 4 N–H and O–H groups in total. The topological polar surface area (TPSA) is 140 Å². The second-order valence-corrected chi connectivity index (χ2v) is 10.5. The van der Waals surface area contributed by atoms with Crippen molar-refractivity contribution in [2.24, 2.45) is 11.1 Å². The Morgan fingerprint density at radius 1 is 1.22 bits per heavy atom. The first-order valence-corrected chi connectivity index (χ1v) is 12.7. The summed E-state index contributed by atoms with van der Waals surface area (Å²) in [4.78, 5) is 14.1. The first kappa shape index (κ1) is 23.2. The van der Waals surface area contributed by atoms with Crippen molar-refractivity contribution < 1.29 is 9.84 Å². The Kier molecular flexibility index (Phi) is 5.59. The van der Waals surface area contributed by atoms with E-state index in [2.05, 4.69) is 39.9 Å². The number of aliphatic hydroxyl groups is 1.